The minimum atomic E-state index is -1.81. The topological polar surface area (TPSA) is 55.8 Å². The summed E-state index contributed by atoms with van der Waals surface area (Å²) in [6.07, 6.45) is 0.775. The van der Waals surface area contributed by atoms with Crippen molar-refractivity contribution in [2.75, 3.05) is 6.61 Å². The van der Waals surface area contributed by atoms with Crippen molar-refractivity contribution in [1.82, 2.24) is 0 Å². The van der Waals surface area contributed by atoms with E-state index in [4.69, 9.17) is 9.16 Å². The van der Waals surface area contributed by atoms with Crippen LogP contribution in [-0.4, -0.2) is 26.0 Å². The van der Waals surface area contributed by atoms with Crippen LogP contribution in [0, 0.1) is 13.8 Å². The van der Waals surface area contributed by atoms with Crippen molar-refractivity contribution in [2.24, 2.45) is 0 Å². The minimum absolute atomic E-state index is 0.165. The predicted molar refractivity (Wildman–Crippen MR) is 110 cm³/mol. The SMILES string of the molecule is CC(=O)Oc1cc(C)c(O)c(C)c1C(C)(C)CCO[Si](C)(C)C(C)(C)C. The van der Waals surface area contributed by atoms with Crippen LogP contribution >= 0.6 is 0 Å². The number of benzene rings is 1. The molecule has 1 aromatic carbocycles. The van der Waals surface area contributed by atoms with E-state index < -0.39 is 8.32 Å². The maximum atomic E-state index is 11.6. The van der Waals surface area contributed by atoms with Crippen molar-refractivity contribution < 1.29 is 19.1 Å². The summed E-state index contributed by atoms with van der Waals surface area (Å²) in [6.45, 7) is 21.1. The molecule has 0 radical (unpaired) electrons. The molecule has 4 nitrogen and oxygen atoms in total. The summed E-state index contributed by atoms with van der Waals surface area (Å²) >= 11 is 0. The highest BCUT2D eigenvalue weighted by atomic mass is 28.4. The zero-order valence-electron chi connectivity index (χ0n) is 18.2. The molecule has 0 atom stereocenters. The molecule has 1 N–H and O–H groups in total. The highest BCUT2D eigenvalue weighted by Crippen LogP contribution is 2.43. The smallest absolute Gasteiger partial charge is 0.308 e. The Morgan fingerprint density at radius 3 is 2.15 bits per heavy atom. The van der Waals surface area contributed by atoms with Crippen LogP contribution in [0.4, 0.5) is 0 Å². The van der Waals surface area contributed by atoms with Gasteiger partial charge >= 0.3 is 5.97 Å². The second-order valence-electron chi connectivity index (χ2n) is 9.38. The van der Waals surface area contributed by atoms with Crippen LogP contribution in [0.25, 0.3) is 0 Å². The zero-order valence-corrected chi connectivity index (χ0v) is 19.2. The minimum Gasteiger partial charge on any atom is -0.507 e. The number of ether oxygens (including phenoxy) is 1. The summed E-state index contributed by atoms with van der Waals surface area (Å²) in [5, 5.41) is 10.6. The fourth-order valence-corrected chi connectivity index (χ4v) is 3.96. The normalized spacial score (nSPS) is 13.0. The number of phenolic OH excluding ortho intramolecular Hbond substituents is 1. The van der Waals surface area contributed by atoms with Crippen LogP contribution in [0.2, 0.25) is 18.1 Å². The standard InChI is InChI=1S/C21H36O4Si/c1-14-13-17(25-16(3)22)18(15(2)19(14)23)21(7,8)11-12-24-26(9,10)20(4,5)6/h13,23H,11-12H2,1-10H3. The molecular weight excluding hydrogens is 344 g/mol. The Morgan fingerprint density at radius 2 is 1.69 bits per heavy atom. The third kappa shape index (κ3) is 5.10. The van der Waals surface area contributed by atoms with E-state index in [-0.39, 0.29) is 22.2 Å². The van der Waals surface area contributed by atoms with Gasteiger partial charge in [-0.15, -0.1) is 0 Å². The highest BCUT2D eigenvalue weighted by Gasteiger charge is 2.38. The molecule has 0 saturated heterocycles. The van der Waals surface area contributed by atoms with Crippen molar-refractivity contribution in [3.8, 4) is 11.5 Å². The van der Waals surface area contributed by atoms with Crippen molar-refractivity contribution in [3.63, 3.8) is 0 Å². The molecule has 0 bridgehead atoms. The number of hydrogen-bond acceptors (Lipinski definition) is 4. The zero-order chi connectivity index (χ0) is 20.5. The van der Waals surface area contributed by atoms with E-state index in [1.54, 1.807) is 6.07 Å². The maximum absolute atomic E-state index is 11.6. The number of carbonyl (C=O) groups is 1. The Morgan fingerprint density at radius 1 is 1.15 bits per heavy atom. The molecule has 0 aliphatic heterocycles. The van der Waals surface area contributed by atoms with Gasteiger partial charge in [0.15, 0.2) is 8.32 Å². The van der Waals surface area contributed by atoms with Crippen LogP contribution in [0.1, 0.15) is 64.7 Å². The Balaban J connectivity index is 3.15. The lowest BCUT2D eigenvalue weighted by atomic mass is 9.78. The Kier molecular flexibility index (Phi) is 6.75. The number of hydrogen-bond donors (Lipinski definition) is 1. The Hall–Kier alpha value is -1.33. The summed E-state index contributed by atoms with van der Waals surface area (Å²) in [5.41, 5.74) is 2.03. The van der Waals surface area contributed by atoms with Gasteiger partial charge in [0, 0.05) is 19.1 Å². The van der Waals surface area contributed by atoms with Gasteiger partial charge in [-0.2, -0.15) is 0 Å². The van der Waals surface area contributed by atoms with E-state index in [1.165, 1.54) is 6.92 Å². The first-order valence-corrected chi connectivity index (χ1v) is 12.2. The van der Waals surface area contributed by atoms with Crippen molar-refractivity contribution in [3.05, 3.63) is 22.8 Å². The fraction of sp³-hybridized carbons (Fsp3) is 0.667. The molecule has 0 aromatic heterocycles. The largest absolute Gasteiger partial charge is 0.507 e. The number of rotatable bonds is 6. The summed E-state index contributed by atoms with van der Waals surface area (Å²) in [6, 6.07) is 1.75. The number of aromatic hydroxyl groups is 1. The molecule has 0 aliphatic carbocycles. The number of carbonyl (C=O) groups excluding carboxylic acids is 1. The van der Waals surface area contributed by atoms with Gasteiger partial charge in [0.2, 0.25) is 0 Å². The quantitative estimate of drug-likeness (QED) is 0.395. The van der Waals surface area contributed by atoms with E-state index in [0.717, 1.165) is 17.5 Å². The summed E-state index contributed by atoms with van der Waals surface area (Å²) in [7, 11) is -1.81. The van der Waals surface area contributed by atoms with Gasteiger partial charge in [0.1, 0.15) is 11.5 Å². The van der Waals surface area contributed by atoms with Crippen LogP contribution in [0.15, 0.2) is 6.07 Å². The molecule has 1 aromatic rings. The van der Waals surface area contributed by atoms with Gasteiger partial charge < -0.3 is 14.3 Å². The average molecular weight is 381 g/mol. The molecule has 0 aliphatic rings. The molecule has 148 valence electrons. The molecule has 1 rings (SSSR count). The second kappa shape index (κ2) is 7.73. The van der Waals surface area contributed by atoms with Gasteiger partial charge in [0.25, 0.3) is 0 Å². The van der Waals surface area contributed by atoms with Crippen molar-refractivity contribution >= 4 is 14.3 Å². The van der Waals surface area contributed by atoms with Crippen LogP contribution in [0.5, 0.6) is 11.5 Å². The maximum Gasteiger partial charge on any atom is 0.308 e. The Bertz CT molecular complexity index is 670. The molecule has 0 unspecified atom stereocenters. The molecule has 0 heterocycles. The van der Waals surface area contributed by atoms with Gasteiger partial charge in [-0.25, -0.2) is 0 Å². The lowest BCUT2D eigenvalue weighted by molar-refractivity contribution is -0.131. The van der Waals surface area contributed by atoms with Crippen molar-refractivity contribution in [1.29, 1.82) is 0 Å². The number of esters is 1. The van der Waals surface area contributed by atoms with E-state index >= 15 is 0 Å². The molecule has 26 heavy (non-hydrogen) atoms. The van der Waals surface area contributed by atoms with Crippen LogP contribution in [0.3, 0.4) is 0 Å². The van der Waals surface area contributed by atoms with Gasteiger partial charge in [-0.3, -0.25) is 4.79 Å². The molecular formula is C21H36O4Si. The second-order valence-corrected chi connectivity index (χ2v) is 14.2. The molecule has 0 amide bonds. The number of phenols is 1. The molecule has 0 spiro atoms. The van der Waals surface area contributed by atoms with Crippen molar-refractivity contribution in [2.45, 2.75) is 85.4 Å². The van der Waals surface area contributed by atoms with E-state index in [9.17, 15) is 9.90 Å². The van der Waals surface area contributed by atoms with Gasteiger partial charge in [-0.05, 0) is 61.0 Å². The first-order chi connectivity index (χ1) is 11.6. The lowest BCUT2D eigenvalue weighted by Crippen LogP contribution is -2.41. The third-order valence-corrected chi connectivity index (χ3v) is 10.2. The molecule has 0 saturated carbocycles. The third-order valence-electron chi connectivity index (χ3n) is 5.62. The van der Waals surface area contributed by atoms with E-state index in [0.29, 0.717) is 17.9 Å². The summed E-state index contributed by atoms with van der Waals surface area (Å²) < 4.78 is 11.8. The van der Waals surface area contributed by atoms with E-state index in [1.807, 2.05) is 13.8 Å². The van der Waals surface area contributed by atoms with Gasteiger partial charge in [0.05, 0.1) is 0 Å². The van der Waals surface area contributed by atoms with E-state index in [2.05, 4.69) is 47.7 Å². The fourth-order valence-electron chi connectivity index (χ4n) is 2.92. The first kappa shape index (κ1) is 22.7. The molecule has 5 heteroatoms. The van der Waals surface area contributed by atoms with Crippen LogP contribution < -0.4 is 4.74 Å². The predicted octanol–water partition coefficient (Wildman–Crippen LogP) is 5.62. The Labute approximate surface area is 160 Å². The molecule has 0 fully saturated rings. The van der Waals surface area contributed by atoms with Gasteiger partial charge in [-0.1, -0.05) is 34.6 Å². The highest BCUT2D eigenvalue weighted by molar-refractivity contribution is 6.74. The first-order valence-electron chi connectivity index (χ1n) is 9.26. The summed E-state index contributed by atoms with van der Waals surface area (Å²) in [4.78, 5) is 11.6. The number of aryl methyl sites for hydroxylation is 1. The summed E-state index contributed by atoms with van der Waals surface area (Å²) in [5.74, 6) is 0.431. The van der Waals surface area contributed by atoms with Crippen LogP contribution in [-0.2, 0) is 14.6 Å². The monoisotopic (exact) mass is 380 g/mol. The average Bonchev–Trinajstić information content (AvgIpc) is 2.42. The lowest BCUT2D eigenvalue weighted by Gasteiger charge is -2.37.